The van der Waals surface area contributed by atoms with Crippen molar-refractivity contribution in [2.75, 3.05) is 13.1 Å². The van der Waals surface area contributed by atoms with Gasteiger partial charge in [0, 0.05) is 43.7 Å². The van der Waals surface area contributed by atoms with Crippen LogP contribution in [0.5, 0.6) is 0 Å². The van der Waals surface area contributed by atoms with Gasteiger partial charge in [-0.3, -0.25) is 4.90 Å². The Morgan fingerprint density at radius 2 is 1.82 bits per heavy atom. The second kappa shape index (κ2) is 3.45. The summed E-state index contributed by atoms with van der Waals surface area (Å²) in [6.07, 6.45) is 3.54. The third kappa shape index (κ3) is 1.82. The highest BCUT2D eigenvalue weighted by Gasteiger charge is 2.62. The van der Waals surface area contributed by atoms with Gasteiger partial charge in [-0.2, -0.15) is 0 Å². The van der Waals surface area contributed by atoms with Gasteiger partial charge in [0.25, 0.3) is 0 Å². The van der Waals surface area contributed by atoms with Crippen molar-refractivity contribution in [3.63, 3.8) is 0 Å². The average Bonchev–Trinajstić information content (AvgIpc) is 2.22. The highest BCUT2D eigenvalue weighted by atomic mass is 19.3. The summed E-state index contributed by atoms with van der Waals surface area (Å²) in [6, 6.07) is 1.90. The molecule has 1 aliphatic carbocycles. The number of rotatable bonds is 2. The monoisotopic (exact) mass is 239 g/mol. The Morgan fingerprint density at radius 1 is 1.24 bits per heavy atom. The van der Waals surface area contributed by atoms with Gasteiger partial charge >= 0.3 is 0 Å². The molecule has 17 heavy (non-hydrogen) atoms. The van der Waals surface area contributed by atoms with Gasteiger partial charge in [0.2, 0.25) is 5.92 Å². The SMILES string of the molecule is CC(c1ncccn1)N1CC2(C1)CC(F)(F)C2. The smallest absolute Gasteiger partial charge is 0.249 e. The molecule has 1 aromatic rings. The number of halogens is 2. The Bertz CT molecular complexity index is 405. The lowest BCUT2D eigenvalue weighted by molar-refractivity contribution is -0.220. The molecule has 0 amide bonds. The Morgan fingerprint density at radius 3 is 2.35 bits per heavy atom. The Hall–Kier alpha value is -1.10. The molecule has 0 radical (unpaired) electrons. The molecular formula is C12H15F2N3. The molecule has 1 saturated carbocycles. The van der Waals surface area contributed by atoms with E-state index in [-0.39, 0.29) is 24.3 Å². The van der Waals surface area contributed by atoms with Crippen LogP contribution in [-0.4, -0.2) is 33.9 Å². The van der Waals surface area contributed by atoms with E-state index in [9.17, 15) is 8.78 Å². The van der Waals surface area contributed by atoms with Crippen LogP contribution in [0.4, 0.5) is 8.78 Å². The minimum absolute atomic E-state index is 0.0544. The van der Waals surface area contributed by atoms with Crippen molar-refractivity contribution in [2.45, 2.75) is 31.7 Å². The number of likely N-dealkylation sites (tertiary alicyclic amines) is 1. The highest BCUT2D eigenvalue weighted by molar-refractivity contribution is 5.10. The molecule has 1 unspecified atom stereocenters. The number of hydrogen-bond donors (Lipinski definition) is 0. The molecule has 1 spiro atoms. The predicted molar refractivity (Wildman–Crippen MR) is 58.6 cm³/mol. The van der Waals surface area contributed by atoms with Crippen molar-refractivity contribution in [1.82, 2.24) is 14.9 Å². The maximum Gasteiger partial charge on any atom is 0.249 e. The van der Waals surface area contributed by atoms with Gasteiger partial charge in [-0.25, -0.2) is 18.7 Å². The molecule has 3 nitrogen and oxygen atoms in total. The van der Waals surface area contributed by atoms with E-state index in [0.29, 0.717) is 0 Å². The van der Waals surface area contributed by atoms with E-state index >= 15 is 0 Å². The number of nitrogens with zero attached hydrogens (tertiary/aromatic N) is 3. The van der Waals surface area contributed by atoms with Gasteiger partial charge in [0.15, 0.2) is 0 Å². The molecule has 0 bridgehead atoms. The van der Waals surface area contributed by atoms with E-state index in [1.807, 2.05) is 6.92 Å². The van der Waals surface area contributed by atoms with Crippen molar-refractivity contribution in [3.05, 3.63) is 24.3 Å². The first-order valence-corrected chi connectivity index (χ1v) is 5.89. The zero-order chi connectivity index (χ0) is 12.1. The van der Waals surface area contributed by atoms with Crippen molar-refractivity contribution < 1.29 is 8.78 Å². The Kier molecular flexibility index (Phi) is 2.23. The normalized spacial score (nSPS) is 27.2. The van der Waals surface area contributed by atoms with E-state index in [1.54, 1.807) is 18.5 Å². The number of alkyl halides is 2. The van der Waals surface area contributed by atoms with E-state index in [1.165, 1.54) is 0 Å². The van der Waals surface area contributed by atoms with E-state index in [2.05, 4.69) is 14.9 Å². The second-order valence-electron chi connectivity index (χ2n) is 5.40. The van der Waals surface area contributed by atoms with Crippen LogP contribution in [0.25, 0.3) is 0 Å². The lowest BCUT2D eigenvalue weighted by atomic mass is 9.61. The van der Waals surface area contributed by atoms with Gasteiger partial charge in [-0.1, -0.05) is 0 Å². The molecular weight excluding hydrogens is 224 g/mol. The summed E-state index contributed by atoms with van der Waals surface area (Å²) < 4.78 is 25.7. The third-order valence-corrected chi connectivity index (χ3v) is 3.85. The zero-order valence-electron chi connectivity index (χ0n) is 9.74. The molecule has 2 fully saturated rings. The summed E-state index contributed by atoms with van der Waals surface area (Å²) in [5.41, 5.74) is -0.119. The van der Waals surface area contributed by atoms with Crippen LogP contribution in [-0.2, 0) is 0 Å². The lowest BCUT2D eigenvalue weighted by Gasteiger charge is -2.60. The van der Waals surface area contributed by atoms with Gasteiger partial charge < -0.3 is 0 Å². The standard InChI is InChI=1S/C12H15F2N3/c1-9(10-15-3-2-4-16-10)17-7-11(8-17)5-12(13,14)6-11/h2-4,9H,5-8H2,1H3. The molecule has 2 aliphatic rings. The maximum absolute atomic E-state index is 12.9. The minimum atomic E-state index is -2.42. The molecule has 0 aromatic carbocycles. The van der Waals surface area contributed by atoms with E-state index in [4.69, 9.17) is 0 Å². The van der Waals surface area contributed by atoms with Crippen molar-refractivity contribution in [3.8, 4) is 0 Å². The third-order valence-electron chi connectivity index (χ3n) is 3.85. The van der Waals surface area contributed by atoms with Crippen LogP contribution in [0.3, 0.4) is 0 Å². The summed E-state index contributed by atoms with van der Waals surface area (Å²) >= 11 is 0. The molecule has 1 atom stereocenters. The summed E-state index contributed by atoms with van der Waals surface area (Å²) in [6.45, 7) is 3.53. The van der Waals surface area contributed by atoms with Crippen LogP contribution in [0.2, 0.25) is 0 Å². The summed E-state index contributed by atoms with van der Waals surface area (Å²) in [4.78, 5) is 10.6. The second-order valence-corrected chi connectivity index (χ2v) is 5.40. The summed E-state index contributed by atoms with van der Waals surface area (Å²) in [5.74, 6) is -1.65. The van der Waals surface area contributed by atoms with Crippen LogP contribution in [0.15, 0.2) is 18.5 Å². The fourth-order valence-corrected chi connectivity index (χ4v) is 3.05. The van der Waals surface area contributed by atoms with Crippen LogP contribution < -0.4 is 0 Å². The number of aromatic nitrogens is 2. The molecule has 3 rings (SSSR count). The van der Waals surface area contributed by atoms with Crippen LogP contribution in [0, 0.1) is 5.41 Å². The predicted octanol–water partition coefficient (Wildman–Crippen LogP) is 2.27. The van der Waals surface area contributed by atoms with E-state index in [0.717, 1.165) is 18.9 Å². The van der Waals surface area contributed by atoms with Gasteiger partial charge in [-0.15, -0.1) is 0 Å². The largest absolute Gasteiger partial charge is 0.292 e. The maximum atomic E-state index is 12.9. The molecule has 1 aromatic heterocycles. The van der Waals surface area contributed by atoms with Crippen LogP contribution in [0.1, 0.15) is 31.6 Å². The summed E-state index contributed by atoms with van der Waals surface area (Å²) in [7, 11) is 0. The Labute approximate surface area is 98.9 Å². The lowest BCUT2D eigenvalue weighted by Crippen LogP contribution is -2.65. The van der Waals surface area contributed by atoms with Gasteiger partial charge in [-0.05, 0) is 13.0 Å². The van der Waals surface area contributed by atoms with Crippen molar-refractivity contribution >= 4 is 0 Å². The highest BCUT2D eigenvalue weighted by Crippen LogP contribution is 2.57. The fourth-order valence-electron chi connectivity index (χ4n) is 3.05. The first-order chi connectivity index (χ1) is 8.00. The first-order valence-electron chi connectivity index (χ1n) is 5.89. The van der Waals surface area contributed by atoms with Crippen molar-refractivity contribution in [1.29, 1.82) is 0 Å². The Balaban J connectivity index is 1.60. The molecule has 1 saturated heterocycles. The molecule has 0 N–H and O–H groups in total. The molecule has 1 aliphatic heterocycles. The minimum Gasteiger partial charge on any atom is -0.292 e. The topological polar surface area (TPSA) is 29.0 Å². The summed E-state index contributed by atoms with van der Waals surface area (Å²) in [5, 5.41) is 0. The quantitative estimate of drug-likeness (QED) is 0.792. The molecule has 2 heterocycles. The van der Waals surface area contributed by atoms with E-state index < -0.39 is 5.92 Å². The molecule has 5 heteroatoms. The fraction of sp³-hybridized carbons (Fsp3) is 0.667. The average molecular weight is 239 g/mol. The van der Waals surface area contributed by atoms with Crippen molar-refractivity contribution in [2.24, 2.45) is 5.41 Å². The zero-order valence-corrected chi connectivity index (χ0v) is 9.74. The number of hydrogen-bond acceptors (Lipinski definition) is 3. The van der Waals surface area contributed by atoms with Gasteiger partial charge in [0.05, 0.1) is 6.04 Å². The van der Waals surface area contributed by atoms with Crippen LogP contribution >= 0.6 is 0 Å². The molecule has 92 valence electrons. The first kappa shape index (κ1) is 11.0. The van der Waals surface area contributed by atoms with Gasteiger partial charge in [0.1, 0.15) is 5.82 Å².